The van der Waals surface area contributed by atoms with Crippen LogP contribution in [0, 0.1) is 12.8 Å². The van der Waals surface area contributed by atoms with Crippen LogP contribution in [0.3, 0.4) is 0 Å². The Kier molecular flexibility index (Phi) is 10.7. The zero-order valence-corrected chi connectivity index (χ0v) is 29.3. The van der Waals surface area contributed by atoms with Crippen molar-refractivity contribution in [3.63, 3.8) is 0 Å². The molecule has 5 atom stereocenters. The number of nitrogens with one attached hydrogen (secondary N) is 1. The van der Waals surface area contributed by atoms with Crippen LogP contribution in [0.25, 0.3) is 0 Å². The third-order valence-corrected chi connectivity index (χ3v) is 9.76. The Morgan fingerprint density at radius 2 is 1.83 bits per heavy atom. The van der Waals surface area contributed by atoms with Crippen molar-refractivity contribution in [2.45, 2.75) is 75.8 Å². The molecule has 18 heteroatoms. The van der Waals surface area contributed by atoms with E-state index in [1.807, 2.05) is 0 Å². The minimum Gasteiger partial charge on any atom is -0.446 e. The maximum Gasteiger partial charge on any atom is 0.505 e. The Labute approximate surface area is 301 Å². The molecular formula is C34H41N3O14S. The van der Waals surface area contributed by atoms with Gasteiger partial charge in [-0.15, -0.1) is 11.3 Å². The molecule has 0 radical (unpaired) electrons. The fraction of sp³-hybridized carbons (Fsp3) is 0.500. The number of hydrogen-bond donors (Lipinski definition) is 7. The second kappa shape index (κ2) is 14.7. The third-order valence-electron chi connectivity index (χ3n) is 8.98. The first kappa shape index (κ1) is 37.6. The number of thiazole rings is 1. The number of carbonyl (C=O) groups is 2. The third kappa shape index (κ3) is 8.41. The molecule has 2 saturated heterocycles. The van der Waals surface area contributed by atoms with E-state index < -0.39 is 54.2 Å². The first-order valence-corrected chi connectivity index (χ1v) is 17.4. The highest BCUT2D eigenvalue weighted by atomic mass is 32.1. The van der Waals surface area contributed by atoms with Gasteiger partial charge in [0.15, 0.2) is 23.5 Å². The Hall–Kier alpha value is -4.11. The van der Waals surface area contributed by atoms with E-state index in [9.17, 15) is 40.2 Å². The minimum absolute atomic E-state index is 0.0172. The average Bonchev–Trinajstić information content (AvgIpc) is 3.87. The maximum absolute atomic E-state index is 13.7. The number of carbonyl (C=O) groups excluding carboxylic acids is 2. The van der Waals surface area contributed by atoms with Gasteiger partial charge in [-0.1, -0.05) is 12.1 Å². The van der Waals surface area contributed by atoms with Crippen LogP contribution < -0.4 is 19.5 Å². The molecule has 0 bridgehead atoms. The number of hydrogen-bond acceptors (Lipinski definition) is 16. The molecular weight excluding hydrogens is 706 g/mol. The van der Waals surface area contributed by atoms with Gasteiger partial charge in [0, 0.05) is 29.4 Å². The van der Waals surface area contributed by atoms with Gasteiger partial charge in [0.05, 0.1) is 30.4 Å². The Bertz CT molecular complexity index is 1750. The molecule has 2 fully saturated rings. The van der Waals surface area contributed by atoms with Gasteiger partial charge in [0.25, 0.3) is 5.91 Å². The molecule has 17 nitrogen and oxygen atoms in total. The van der Waals surface area contributed by atoms with E-state index in [2.05, 4.69) is 10.3 Å². The second-order valence-corrected chi connectivity index (χ2v) is 14.3. The highest BCUT2D eigenvalue weighted by Crippen LogP contribution is 2.39. The number of aliphatic hydroxyl groups excluding tert-OH is 1. The lowest BCUT2D eigenvalue weighted by atomic mass is 9.89. The number of aliphatic hydroxyl groups is 6. The van der Waals surface area contributed by atoms with Crippen molar-refractivity contribution >= 4 is 23.3 Å². The summed E-state index contributed by atoms with van der Waals surface area (Å²) in [6, 6.07) is 8.71. The van der Waals surface area contributed by atoms with Gasteiger partial charge in [-0.3, -0.25) is 15.0 Å². The van der Waals surface area contributed by atoms with Crippen molar-refractivity contribution in [3.8, 4) is 17.2 Å². The summed E-state index contributed by atoms with van der Waals surface area (Å²) < 4.78 is 31.6. The van der Waals surface area contributed by atoms with Crippen molar-refractivity contribution in [3.05, 3.63) is 69.7 Å². The zero-order valence-electron chi connectivity index (χ0n) is 28.5. The molecule has 5 unspecified atom stereocenters. The molecule has 0 spiro atoms. The number of fused-ring (bicyclic) bond motifs is 2. The van der Waals surface area contributed by atoms with Crippen LogP contribution in [0.4, 0.5) is 4.79 Å². The van der Waals surface area contributed by atoms with Crippen LogP contribution >= 0.6 is 11.3 Å². The fourth-order valence-electron chi connectivity index (χ4n) is 6.21. The van der Waals surface area contributed by atoms with Crippen LogP contribution in [0.15, 0.2) is 47.8 Å². The molecule has 1 aromatic heterocycles. The van der Waals surface area contributed by atoms with Gasteiger partial charge in [0.1, 0.15) is 18.0 Å². The van der Waals surface area contributed by atoms with Gasteiger partial charge in [-0.05, 0) is 69.5 Å². The molecule has 3 aliphatic rings. The van der Waals surface area contributed by atoms with Crippen molar-refractivity contribution in [1.29, 1.82) is 0 Å². The number of nitrogens with zero attached hydrogens (tertiary/aromatic N) is 2. The monoisotopic (exact) mass is 747 g/mol. The van der Waals surface area contributed by atoms with Crippen molar-refractivity contribution in [2.24, 2.45) is 5.92 Å². The van der Waals surface area contributed by atoms with Gasteiger partial charge in [-0.2, -0.15) is 0 Å². The van der Waals surface area contributed by atoms with E-state index in [1.165, 1.54) is 51.9 Å². The molecule has 6 rings (SSSR count). The zero-order chi connectivity index (χ0) is 37.4. The average molecular weight is 748 g/mol. The molecule has 2 amide bonds. The summed E-state index contributed by atoms with van der Waals surface area (Å²) in [5.74, 6) is -3.53. The van der Waals surface area contributed by atoms with Gasteiger partial charge in [-0.25, -0.2) is 9.78 Å². The topological polar surface area (TPSA) is 239 Å². The Morgan fingerprint density at radius 1 is 1.10 bits per heavy atom. The molecule has 2 aromatic carbocycles. The molecule has 4 heterocycles. The summed E-state index contributed by atoms with van der Waals surface area (Å²) in [6.07, 6.45) is -5.19. The van der Waals surface area contributed by atoms with Crippen molar-refractivity contribution < 1.29 is 68.6 Å². The smallest absolute Gasteiger partial charge is 0.446 e. The second-order valence-electron chi connectivity index (χ2n) is 13.2. The van der Waals surface area contributed by atoms with Crippen molar-refractivity contribution in [1.82, 2.24) is 15.2 Å². The number of amides is 2. The first-order valence-electron chi connectivity index (χ1n) is 16.5. The van der Waals surface area contributed by atoms with Crippen LogP contribution in [-0.2, 0) is 26.6 Å². The standard InChI is InChI=1S/C34H41N3O14S/c1-18(2)37(29(39)21-6-9-26-27(13-21)51-34(44,45)50-26)14-25(38)24(36-31(40)48-17-32(41)16-47-30-23(32)10-11-46-30)12-20-4-7-22(8-5-20)49-33(42,43)28-15-52-19(3)35-28/h4-9,13,15,18,23-25,30,38,41-45H,10-12,14,16-17H2,1-3H3,(H,36,40). The van der Waals surface area contributed by atoms with E-state index >= 15 is 0 Å². The fourth-order valence-corrected chi connectivity index (χ4v) is 6.85. The summed E-state index contributed by atoms with van der Waals surface area (Å²) in [4.78, 5) is 32.3. The number of alkyl carbamates (subject to hydrolysis) is 1. The number of aryl methyl sites for hydroxylation is 1. The first-order chi connectivity index (χ1) is 24.5. The van der Waals surface area contributed by atoms with E-state index in [0.29, 0.717) is 23.6 Å². The lowest BCUT2D eigenvalue weighted by Gasteiger charge is -2.33. The summed E-state index contributed by atoms with van der Waals surface area (Å²) in [7, 11) is 0. The Balaban J connectivity index is 1.17. The van der Waals surface area contributed by atoms with Gasteiger partial charge < -0.3 is 59.1 Å². The quantitative estimate of drug-likeness (QED) is 0.119. The largest absolute Gasteiger partial charge is 0.505 e. The molecule has 0 aliphatic carbocycles. The van der Waals surface area contributed by atoms with E-state index in [4.69, 9.17) is 28.4 Å². The van der Waals surface area contributed by atoms with Crippen LogP contribution in [0.5, 0.6) is 17.2 Å². The highest BCUT2D eigenvalue weighted by molar-refractivity contribution is 7.09. The van der Waals surface area contributed by atoms with Gasteiger partial charge in [0.2, 0.25) is 0 Å². The van der Waals surface area contributed by atoms with E-state index in [1.54, 1.807) is 32.9 Å². The molecule has 0 saturated carbocycles. The van der Waals surface area contributed by atoms with Gasteiger partial charge >= 0.3 is 18.2 Å². The van der Waals surface area contributed by atoms with Crippen LogP contribution in [-0.4, -0.2) is 115 Å². The van der Waals surface area contributed by atoms with Crippen LogP contribution in [0.2, 0.25) is 0 Å². The lowest BCUT2D eigenvalue weighted by molar-refractivity contribution is -0.385. The number of aromatic nitrogens is 1. The predicted molar refractivity (Wildman–Crippen MR) is 178 cm³/mol. The summed E-state index contributed by atoms with van der Waals surface area (Å²) in [5.41, 5.74) is -0.829. The number of benzene rings is 2. The molecule has 282 valence electrons. The minimum atomic E-state index is -2.87. The predicted octanol–water partition coefficient (Wildman–Crippen LogP) is 0.665. The lowest BCUT2D eigenvalue weighted by Crippen LogP contribution is -2.52. The maximum atomic E-state index is 13.7. The SMILES string of the molecule is Cc1nc(C(O)(O)Oc2ccc(CC(NC(=O)OCC3(O)COC4OCCC43)C(O)CN(C(=O)c3ccc4c(c3)OC(O)(O)O4)C(C)C)cc2)cs1. The number of rotatable bonds is 13. The molecule has 52 heavy (non-hydrogen) atoms. The summed E-state index contributed by atoms with van der Waals surface area (Å²) in [5, 5.41) is 67.7. The van der Waals surface area contributed by atoms with E-state index in [-0.39, 0.29) is 60.6 Å². The highest BCUT2D eigenvalue weighted by Gasteiger charge is 2.52. The normalized spacial score (nSPS) is 22.9. The molecule has 7 N–H and O–H groups in total. The Morgan fingerprint density at radius 3 is 2.52 bits per heavy atom. The van der Waals surface area contributed by atoms with E-state index in [0.717, 1.165) is 0 Å². The van der Waals surface area contributed by atoms with Crippen molar-refractivity contribution in [2.75, 3.05) is 26.4 Å². The summed E-state index contributed by atoms with van der Waals surface area (Å²) in [6.45, 7) is 4.87. The summed E-state index contributed by atoms with van der Waals surface area (Å²) >= 11 is 1.22. The molecule has 3 aromatic rings. The van der Waals surface area contributed by atoms with Crippen LogP contribution in [0.1, 0.15) is 46.9 Å². The number of ether oxygens (including phenoxy) is 6. The molecule has 3 aliphatic heterocycles.